The molecule has 1 aromatic heterocycles. The van der Waals surface area contributed by atoms with E-state index in [-0.39, 0.29) is 49.2 Å². The van der Waals surface area contributed by atoms with E-state index in [4.69, 9.17) is 5.73 Å². The molecule has 0 saturated carbocycles. The van der Waals surface area contributed by atoms with E-state index < -0.39 is 6.04 Å². The molecule has 2 atom stereocenters. The van der Waals surface area contributed by atoms with Crippen LogP contribution in [0.25, 0.3) is 0 Å². The summed E-state index contributed by atoms with van der Waals surface area (Å²) in [5.74, 6) is -0.179. The van der Waals surface area contributed by atoms with E-state index in [1.807, 2.05) is 0 Å². The summed E-state index contributed by atoms with van der Waals surface area (Å²) in [6.45, 7) is 3.16. The smallest absolute Gasteiger partial charge is 0.247 e. The van der Waals surface area contributed by atoms with Crippen molar-refractivity contribution in [3.63, 3.8) is 0 Å². The van der Waals surface area contributed by atoms with Crippen LogP contribution >= 0.6 is 24.8 Å². The first-order chi connectivity index (χ1) is 9.99. The van der Waals surface area contributed by atoms with Gasteiger partial charge in [0, 0.05) is 38.6 Å². The first-order valence-corrected chi connectivity index (χ1v) is 7.26. The molecule has 2 amide bonds. The zero-order chi connectivity index (χ0) is 15.4. The van der Waals surface area contributed by atoms with E-state index in [1.54, 1.807) is 42.0 Å². The number of nitrogens with two attached hydrogens (primary N) is 1. The lowest BCUT2D eigenvalue weighted by Crippen LogP contribution is -2.49. The molecule has 7 nitrogen and oxygen atoms in total. The Morgan fingerprint density at radius 2 is 2.13 bits per heavy atom. The Morgan fingerprint density at radius 3 is 2.70 bits per heavy atom. The number of likely N-dealkylation sites (tertiary alicyclic amines) is 1. The number of hydrogen-bond donors (Lipinski definition) is 1. The Kier molecular flexibility index (Phi) is 9.19. The van der Waals surface area contributed by atoms with Crippen molar-refractivity contribution in [3.8, 4) is 0 Å². The minimum atomic E-state index is -0.415. The summed E-state index contributed by atoms with van der Waals surface area (Å²) < 4.78 is 1.58. The molecule has 132 valence electrons. The molecule has 9 heteroatoms. The average Bonchev–Trinajstić information content (AvgIpc) is 2.99. The van der Waals surface area contributed by atoms with Crippen molar-refractivity contribution < 1.29 is 9.59 Å². The second kappa shape index (κ2) is 9.75. The summed E-state index contributed by atoms with van der Waals surface area (Å²) >= 11 is 0. The van der Waals surface area contributed by atoms with Gasteiger partial charge in [0.1, 0.15) is 6.04 Å². The summed E-state index contributed by atoms with van der Waals surface area (Å²) in [7, 11) is 1.64. The second-order valence-corrected chi connectivity index (χ2v) is 5.60. The molecule has 23 heavy (non-hydrogen) atoms. The number of carbonyl (C=O) groups excluding carboxylic acids is 2. The maximum absolute atomic E-state index is 12.3. The topological polar surface area (TPSA) is 84.5 Å². The average molecular weight is 366 g/mol. The molecule has 1 saturated heterocycles. The molecule has 2 N–H and O–H groups in total. The maximum Gasteiger partial charge on any atom is 0.247 e. The molecule has 2 heterocycles. The Labute approximate surface area is 149 Å². The first kappa shape index (κ1) is 21.7. The summed E-state index contributed by atoms with van der Waals surface area (Å²) in [4.78, 5) is 27.7. The quantitative estimate of drug-likeness (QED) is 0.850. The fourth-order valence-corrected chi connectivity index (χ4v) is 2.56. The van der Waals surface area contributed by atoms with Crippen molar-refractivity contribution >= 4 is 36.6 Å². The van der Waals surface area contributed by atoms with Crippen LogP contribution in [0, 0.1) is 0 Å². The third-order valence-corrected chi connectivity index (χ3v) is 3.84. The number of carbonyl (C=O) groups is 2. The van der Waals surface area contributed by atoms with Gasteiger partial charge in [0.25, 0.3) is 0 Å². The van der Waals surface area contributed by atoms with Crippen molar-refractivity contribution in [1.29, 1.82) is 0 Å². The highest BCUT2D eigenvalue weighted by molar-refractivity contribution is 5.86. The first-order valence-electron chi connectivity index (χ1n) is 7.26. The molecule has 1 fully saturated rings. The van der Waals surface area contributed by atoms with Crippen LogP contribution in [0.5, 0.6) is 0 Å². The van der Waals surface area contributed by atoms with E-state index in [1.165, 1.54) is 4.90 Å². The van der Waals surface area contributed by atoms with Gasteiger partial charge in [0.2, 0.25) is 11.8 Å². The monoisotopic (exact) mass is 365 g/mol. The van der Waals surface area contributed by atoms with Crippen LogP contribution in [-0.4, -0.2) is 64.1 Å². The molecular weight excluding hydrogens is 341 g/mol. The Hall–Kier alpha value is -1.31. The third-order valence-electron chi connectivity index (χ3n) is 3.84. The van der Waals surface area contributed by atoms with Crippen molar-refractivity contribution in [1.82, 2.24) is 19.6 Å². The lowest BCUT2D eigenvalue weighted by Gasteiger charge is -2.32. The van der Waals surface area contributed by atoms with E-state index >= 15 is 0 Å². The third kappa shape index (κ3) is 5.67. The SMILES string of the molecule is CC(C(=O)N(C)CC(=O)N1CCCC(N)C1)n1cccn1.Cl.Cl. The Balaban J connectivity index is 0.00000242. The highest BCUT2D eigenvalue weighted by Crippen LogP contribution is 2.11. The Bertz CT molecular complexity index is 497. The summed E-state index contributed by atoms with van der Waals surface area (Å²) in [6, 6.07) is 1.40. The predicted octanol–water partition coefficient (Wildman–Crippen LogP) is 0.696. The van der Waals surface area contributed by atoms with Crippen molar-refractivity contribution in [2.75, 3.05) is 26.7 Å². The minimum Gasteiger partial charge on any atom is -0.340 e. The van der Waals surface area contributed by atoms with Gasteiger partial charge in [0.15, 0.2) is 0 Å². The largest absolute Gasteiger partial charge is 0.340 e. The normalized spacial score (nSPS) is 18.4. The molecular formula is C14H25Cl2N5O2. The highest BCUT2D eigenvalue weighted by atomic mass is 35.5. The van der Waals surface area contributed by atoms with Gasteiger partial charge in [-0.05, 0) is 25.8 Å². The summed E-state index contributed by atoms with van der Waals surface area (Å²) in [6.07, 6.45) is 5.25. The maximum atomic E-state index is 12.3. The molecule has 2 unspecified atom stereocenters. The number of rotatable bonds is 4. The molecule has 0 spiro atoms. The minimum absolute atomic E-state index is 0. The molecule has 0 bridgehead atoms. The fourth-order valence-electron chi connectivity index (χ4n) is 2.56. The fraction of sp³-hybridized carbons (Fsp3) is 0.643. The van der Waals surface area contributed by atoms with Crippen LogP contribution in [0.2, 0.25) is 0 Å². The van der Waals surface area contributed by atoms with Gasteiger partial charge < -0.3 is 15.5 Å². The van der Waals surface area contributed by atoms with Gasteiger partial charge in [-0.1, -0.05) is 0 Å². The summed E-state index contributed by atoms with van der Waals surface area (Å²) in [5, 5.41) is 4.06. The number of halogens is 2. The lowest BCUT2D eigenvalue weighted by atomic mass is 10.1. The molecule has 1 aromatic rings. The van der Waals surface area contributed by atoms with Crippen molar-refractivity contribution in [2.24, 2.45) is 5.73 Å². The van der Waals surface area contributed by atoms with Crippen LogP contribution < -0.4 is 5.73 Å². The lowest BCUT2D eigenvalue weighted by molar-refractivity contribution is -0.141. The van der Waals surface area contributed by atoms with Crippen LogP contribution in [0.15, 0.2) is 18.5 Å². The molecule has 0 aromatic carbocycles. The number of likely N-dealkylation sites (N-methyl/N-ethyl adjacent to an activating group) is 1. The summed E-state index contributed by atoms with van der Waals surface area (Å²) in [5.41, 5.74) is 5.88. The highest BCUT2D eigenvalue weighted by Gasteiger charge is 2.25. The second-order valence-electron chi connectivity index (χ2n) is 5.60. The predicted molar refractivity (Wildman–Crippen MR) is 92.9 cm³/mol. The zero-order valence-electron chi connectivity index (χ0n) is 13.4. The van der Waals surface area contributed by atoms with Crippen molar-refractivity contribution in [3.05, 3.63) is 18.5 Å². The van der Waals surface area contributed by atoms with Gasteiger partial charge in [-0.15, -0.1) is 24.8 Å². The van der Waals surface area contributed by atoms with E-state index in [2.05, 4.69) is 5.10 Å². The van der Waals surface area contributed by atoms with Crippen LogP contribution in [0.3, 0.4) is 0 Å². The molecule has 0 aliphatic carbocycles. The van der Waals surface area contributed by atoms with Gasteiger partial charge in [-0.25, -0.2) is 0 Å². The number of aromatic nitrogens is 2. The molecule has 0 radical (unpaired) electrons. The van der Waals surface area contributed by atoms with Crippen LogP contribution in [0.4, 0.5) is 0 Å². The standard InChI is InChI=1S/C14H23N5O2.2ClH/c1-11(19-8-4-6-16-19)14(21)17(2)10-13(20)18-7-3-5-12(15)9-18;;/h4,6,8,11-12H,3,5,7,9-10,15H2,1-2H3;2*1H. The number of nitrogens with zero attached hydrogens (tertiary/aromatic N) is 4. The number of amides is 2. The molecule has 2 rings (SSSR count). The number of hydrogen-bond acceptors (Lipinski definition) is 4. The van der Waals surface area contributed by atoms with Gasteiger partial charge >= 0.3 is 0 Å². The van der Waals surface area contributed by atoms with Gasteiger partial charge in [-0.2, -0.15) is 5.10 Å². The van der Waals surface area contributed by atoms with E-state index in [9.17, 15) is 9.59 Å². The molecule has 1 aliphatic rings. The Morgan fingerprint density at radius 1 is 1.43 bits per heavy atom. The number of piperidine rings is 1. The van der Waals surface area contributed by atoms with E-state index in [0.29, 0.717) is 6.54 Å². The van der Waals surface area contributed by atoms with Gasteiger partial charge in [0.05, 0.1) is 6.54 Å². The van der Waals surface area contributed by atoms with E-state index in [0.717, 1.165) is 19.4 Å². The molecule has 1 aliphatic heterocycles. The van der Waals surface area contributed by atoms with Crippen LogP contribution in [0.1, 0.15) is 25.8 Å². The zero-order valence-corrected chi connectivity index (χ0v) is 15.1. The van der Waals surface area contributed by atoms with Crippen molar-refractivity contribution in [2.45, 2.75) is 31.8 Å². The van der Waals surface area contributed by atoms with Gasteiger partial charge in [-0.3, -0.25) is 14.3 Å². The van der Waals surface area contributed by atoms with Crippen LogP contribution in [-0.2, 0) is 9.59 Å².